The average Bonchev–Trinajstić information content (AvgIpc) is 2.59. The molecule has 0 spiro atoms. The van der Waals surface area contributed by atoms with E-state index in [9.17, 15) is 22.8 Å². The molecule has 9 heteroatoms. The smallest absolute Gasteiger partial charge is 0.443 e. The number of ether oxygens (including phenoxy) is 2. The maximum atomic E-state index is 12.2. The lowest BCUT2D eigenvalue weighted by Gasteiger charge is -2.19. The molecular formula is C13H13F3N2O4. The number of rotatable bonds is 1. The zero-order valence-corrected chi connectivity index (χ0v) is 11.9. The van der Waals surface area contributed by atoms with Gasteiger partial charge >= 0.3 is 18.1 Å². The molecule has 0 saturated carbocycles. The number of nitrogens with zero attached hydrogens (tertiary/aromatic N) is 1. The van der Waals surface area contributed by atoms with Gasteiger partial charge in [0.25, 0.3) is 0 Å². The predicted molar refractivity (Wildman–Crippen MR) is 70.9 cm³/mol. The molecule has 6 nitrogen and oxygen atoms in total. The third-order valence-electron chi connectivity index (χ3n) is 2.46. The van der Waals surface area contributed by atoms with Crippen LogP contribution in [0.25, 0.3) is 11.0 Å². The zero-order chi connectivity index (χ0) is 16.7. The number of halogens is 3. The molecule has 0 bridgehead atoms. The summed E-state index contributed by atoms with van der Waals surface area (Å²) in [4.78, 5) is 26.1. The highest BCUT2D eigenvalue weighted by Gasteiger charge is 2.31. The fourth-order valence-corrected chi connectivity index (χ4v) is 1.78. The van der Waals surface area contributed by atoms with E-state index in [0.29, 0.717) is 4.57 Å². The van der Waals surface area contributed by atoms with Gasteiger partial charge in [-0.1, -0.05) is 0 Å². The predicted octanol–water partition coefficient (Wildman–Crippen LogP) is 3.01. The van der Waals surface area contributed by atoms with Gasteiger partial charge in [-0.25, -0.2) is 9.59 Å². The number of aromatic amines is 1. The molecule has 1 aromatic carbocycles. The lowest BCUT2D eigenvalue weighted by Crippen LogP contribution is -2.32. The number of H-pyrrole nitrogens is 1. The van der Waals surface area contributed by atoms with E-state index in [1.54, 1.807) is 20.8 Å². The van der Waals surface area contributed by atoms with Gasteiger partial charge in [-0.05, 0) is 32.9 Å². The summed E-state index contributed by atoms with van der Waals surface area (Å²) in [6, 6.07) is 3.15. The van der Waals surface area contributed by atoms with Crippen molar-refractivity contribution in [3.8, 4) is 5.75 Å². The summed E-state index contributed by atoms with van der Waals surface area (Å²) in [7, 11) is 0. The number of nitrogens with one attached hydrogen (secondary N) is 1. The van der Waals surface area contributed by atoms with E-state index in [1.165, 1.54) is 0 Å². The van der Waals surface area contributed by atoms with Crippen LogP contribution >= 0.6 is 0 Å². The van der Waals surface area contributed by atoms with Crippen molar-refractivity contribution in [2.24, 2.45) is 0 Å². The van der Waals surface area contributed by atoms with Crippen molar-refractivity contribution in [3.05, 3.63) is 28.7 Å². The number of carbonyl (C=O) groups is 1. The van der Waals surface area contributed by atoms with Crippen LogP contribution in [0.3, 0.4) is 0 Å². The van der Waals surface area contributed by atoms with Gasteiger partial charge in [0.2, 0.25) is 0 Å². The molecule has 0 aliphatic heterocycles. The van der Waals surface area contributed by atoms with Gasteiger partial charge < -0.3 is 14.5 Å². The van der Waals surface area contributed by atoms with Gasteiger partial charge in [0.15, 0.2) is 0 Å². The Bertz CT molecular complexity index is 768. The quantitative estimate of drug-likeness (QED) is 0.877. The van der Waals surface area contributed by atoms with E-state index in [-0.39, 0.29) is 11.0 Å². The monoisotopic (exact) mass is 318 g/mol. The Labute approximate surface area is 122 Å². The van der Waals surface area contributed by atoms with Crippen molar-refractivity contribution in [3.63, 3.8) is 0 Å². The fraction of sp³-hybridized carbons (Fsp3) is 0.385. The molecule has 120 valence electrons. The first-order valence-electron chi connectivity index (χ1n) is 6.20. The second-order valence-corrected chi connectivity index (χ2v) is 5.47. The Hall–Kier alpha value is -2.45. The Balaban J connectivity index is 2.44. The molecule has 0 saturated heterocycles. The van der Waals surface area contributed by atoms with E-state index < -0.39 is 29.5 Å². The molecule has 0 aliphatic rings. The average molecular weight is 318 g/mol. The molecule has 1 heterocycles. The number of aromatic nitrogens is 2. The highest BCUT2D eigenvalue weighted by Crippen LogP contribution is 2.25. The molecule has 1 aromatic heterocycles. The van der Waals surface area contributed by atoms with Crippen LogP contribution in [-0.4, -0.2) is 27.6 Å². The molecule has 1 N–H and O–H groups in total. The van der Waals surface area contributed by atoms with Crippen LogP contribution in [0, 0.1) is 0 Å². The van der Waals surface area contributed by atoms with Crippen LogP contribution in [0.2, 0.25) is 0 Å². The van der Waals surface area contributed by atoms with E-state index in [4.69, 9.17) is 4.74 Å². The van der Waals surface area contributed by atoms with E-state index in [0.717, 1.165) is 18.2 Å². The Morgan fingerprint density at radius 2 is 1.86 bits per heavy atom. The van der Waals surface area contributed by atoms with Gasteiger partial charge in [0.1, 0.15) is 11.4 Å². The number of carbonyl (C=O) groups excluding carboxylic acids is 1. The van der Waals surface area contributed by atoms with Gasteiger partial charge in [-0.2, -0.15) is 4.57 Å². The Morgan fingerprint density at radius 3 is 2.41 bits per heavy atom. The first-order chi connectivity index (χ1) is 9.96. The standard InChI is InChI=1S/C13H13F3N2O4/c1-12(2,3)22-11(20)18-9-5-4-7(21-13(14,15)16)6-8(9)17-10(18)19/h4-6H,1-3H3,(H,17,19). The molecule has 2 rings (SSSR count). The highest BCUT2D eigenvalue weighted by atomic mass is 19.4. The fourth-order valence-electron chi connectivity index (χ4n) is 1.78. The minimum absolute atomic E-state index is 0.0256. The summed E-state index contributed by atoms with van der Waals surface area (Å²) >= 11 is 0. The molecular weight excluding hydrogens is 305 g/mol. The van der Waals surface area contributed by atoms with E-state index in [2.05, 4.69) is 9.72 Å². The largest absolute Gasteiger partial charge is 0.573 e. The highest BCUT2D eigenvalue weighted by molar-refractivity contribution is 5.87. The van der Waals surface area contributed by atoms with Crippen molar-refractivity contribution >= 4 is 17.1 Å². The van der Waals surface area contributed by atoms with Crippen molar-refractivity contribution in [1.82, 2.24) is 9.55 Å². The lowest BCUT2D eigenvalue weighted by molar-refractivity contribution is -0.274. The number of benzene rings is 1. The second kappa shape index (κ2) is 5.08. The number of hydrogen-bond acceptors (Lipinski definition) is 4. The van der Waals surface area contributed by atoms with Crippen molar-refractivity contribution in [2.75, 3.05) is 0 Å². The summed E-state index contributed by atoms with van der Waals surface area (Å²) in [5.74, 6) is -0.502. The third kappa shape index (κ3) is 3.60. The van der Waals surface area contributed by atoms with Crippen LogP contribution in [0.1, 0.15) is 20.8 Å². The first-order valence-corrected chi connectivity index (χ1v) is 6.20. The topological polar surface area (TPSA) is 73.3 Å². The number of hydrogen-bond donors (Lipinski definition) is 1. The minimum atomic E-state index is -4.85. The Kier molecular flexibility index (Phi) is 3.68. The lowest BCUT2D eigenvalue weighted by atomic mass is 10.2. The van der Waals surface area contributed by atoms with Crippen LogP contribution < -0.4 is 10.4 Å². The molecule has 0 atom stereocenters. The second-order valence-electron chi connectivity index (χ2n) is 5.47. The van der Waals surface area contributed by atoms with Gasteiger partial charge in [0, 0.05) is 6.07 Å². The van der Waals surface area contributed by atoms with Gasteiger partial charge in [-0.3, -0.25) is 0 Å². The molecule has 2 aromatic rings. The molecule has 0 fully saturated rings. The SMILES string of the molecule is CC(C)(C)OC(=O)n1c(=O)[nH]c2cc(OC(F)(F)F)ccc21. The van der Waals surface area contributed by atoms with Crippen LogP contribution in [0.5, 0.6) is 5.75 Å². The van der Waals surface area contributed by atoms with E-state index >= 15 is 0 Å². The van der Waals surface area contributed by atoms with Crippen LogP contribution in [-0.2, 0) is 4.74 Å². The molecule has 0 unspecified atom stereocenters. The molecule has 22 heavy (non-hydrogen) atoms. The van der Waals surface area contributed by atoms with Crippen molar-refractivity contribution < 1.29 is 27.4 Å². The minimum Gasteiger partial charge on any atom is -0.443 e. The van der Waals surface area contributed by atoms with Crippen molar-refractivity contribution in [1.29, 1.82) is 0 Å². The summed E-state index contributed by atoms with van der Waals surface area (Å²) in [5, 5.41) is 0. The maximum Gasteiger partial charge on any atom is 0.573 e. The van der Waals surface area contributed by atoms with Crippen LogP contribution in [0.4, 0.5) is 18.0 Å². The summed E-state index contributed by atoms with van der Waals surface area (Å²) < 4.78 is 46.0. The maximum absolute atomic E-state index is 12.2. The summed E-state index contributed by atoms with van der Waals surface area (Å²) in [6.45, 7) is 4.88. The van der Waals surface area contributed by atoms with Gasteiger partial charge in [-0.15, -0.1) is 13.2 Å². The molecule has 0 amide bonds. The number of fused-ring (bicyclic) bond motifs is 1. The van der Waals surface area contributed by atoms with Crippen LogP contribution in [0.15, 0.2) is 23.0 Å². The Morgan fingerprint density at radius 1 is 1.23 bits per heavy atom. The normalized spacial score (nSPS) is 12.5. The van der Waals surface area contributed by atoms with Crippen molar-refractivity contribution in [2.45, 2.75) is 32.7 Å². The number of imidazole rings is 1. The molecule has 0 aliphatic carbocycles. The first kappa shape index (κ1) is 15.9. The molecule has 0 radical (unpaired) electrons. The van der Waals surface area contributed by atoms with Gasteiger partial charge in [0.05, 0.1) is 11.0 Å². The van der Waals surface area contributed by atoms with E-state index in [1.807, 2.05) is 0 Å². The summed E-state index contributed by atoms with van der Waals surface area (Å²) in [5.41, 5.74) is -1.51. The summed E-state index contributed by atoms with van der Waals surface area (Å²) in [6.07, 6.45) is -5.77. The third-order valence-corrected chi connectivity index (χ3v) is 2.46. The zero-order valence-electron chi connectivity index (χ0n) is 11.9. The number of alkyl halides is 3.